The molecule has 0 saturated carbocycles. The van der Waals surface area contributed by atoms with Crippen molar-refractivity contribution in [1.29, 1.82) is 0 Å². The molecule has 2 heterocycles. The van der Waals surface area contributed by atoms with Gasteiger partial charge >= 0.3 is 0 Å². The quantitative estimate of drug-likeness (QED) is 0.792. The van der Waals surface area contributed by atoms with Crippen LogP contribution in [0.15, 0.2) is 12.1 Å². The molecule has 4 nitrogen and oxygen atoms in total. The van der Waals surface area contributed by atoms with E-state index in [0.29, 0.717) is 0 Å². The van der Waals surface area contributed by atoms with Crippen LogP contribution in [0.2, 0.25) is 0 Å². The summed E-state index contributed by atoms with van der Waals surface area (Å²) in [6.45, 7) is 7.44. The van der Waals surface area contributed by atoms with Crippen LogP contribution < -0.4 is 10.6 Å². The fraction of sp³-hybridized carbons (Fsp3) is 0.583. The molecule has 0 amide bonds. The van der Waals surface area contributed by atoms with Crippen LogP contribution in [0.1, 0.15) is 11.3 Å². The maximum Gasteiger partial charge on any atom is 0.130 e. The van der Waals surface area contributed by atoms with Gasteiger partial charge in [-0.3, -0.25) is 4.90 Å². The normalized spacial score (nSPS) is 17.4. The van der Waals surface area contributed by atoms with Crippen LogP contribution in [-0.2, 0) is 6.54 Å². The summed E-state index contributed by atoms with van der Waals surface area (Å²) in [5.41, 5.74) is 2.35. The topological polar surface area (TPSA) is 40.2 Å². The van der Waals surface area contributed by atoms with Crippen molar-refractivity contribution in [3.8, 4) is 0 Å². The molecule has 0 aromatic carbocycles. The summed E-state index contributed by atoms with van der Waals surface area (Å²) in [5, 5.41) is 6.54. The smallest absolute Gasteiger partial charge is 0.130 e. The predicted octanol–water partition coefficient (Wildman–Crippen LogP) is 0.837. The maximum absolute atomic E-state index is 4.50. The van der Waals surface area contributed by atoms with Crippen molar-refractivity contribution in [2.24, 2.45) is 0 Å². The number of piperazine rings is 1. The van der Waals surface area contributed by atoms with Crippen LogP contribution in [0, 0.1) is 6.92 Å². The Morgan fingerprint density at radius 3 is 2.81 bits per heavy atom. The van der Waals surface area contributed by atoms with E-state index in [1.165, 1.54) is 5.56 Å². The van der Waals surface area contributed by atoms with Gasteiger partial charge in [0, 0.05) is 51.0 Å². The Hall–Kier alpha value is -1.13. The number of nitrogens with one attached hydrogen (secondary N) is 2. The van der Waals surface area contributed by atoms with Gasteiger partial charge in [-0.05, 0) is 13.0 Å². The first-order valence-corrected chi connectivity index (χ1v) is 5.87. The van der Waals surface area contributed by atoms with Crippen LogP contribution in [0.4, 0.5) is 5.82 Å². The molecule has 1 aromatic rings. The zero-order valence-electron chi connectivity index (χ0n) is 10.1. The van der Waals surface area contributed by atoms with Gasteiger partial charge < -0.3 is 10.6 Å². The summed E-state index contributed by atoms with van der Waals surface area (Å²) in [7, 11) is 1.93. The second kappa shape index (κ2) is 5.27. The number of aromatic nitrogens is 1. The lowest BCUT2D eigenvalue weighted by atomic mass is 10.2. The Bertz CT molecular complexity index is 345. The molecule has 1 aromatic heterocycles. The predicted molar refractivity (Wildman–Crippen MR) is 66.7 cm³/mol. The molecule has 1 fully saturated rings. The second-order valence-electron chi connectivity index (χ2n) is 4.24. The molecule has 1 saturated heterocycles. The van der Waals surface area contributed by atoms with E-state index in [0.717, 1.165) is 44.2 Å². The Morgan fingerprint density at radius 2 is 2.12 bits per heavy atom. The molecule has 1 aliphatic heterocycles. The maximum atomic E-state index is 4.50. The summed E-state index contributed by atoms with van der Waals surface area (Å²) in [6, 6.07) is 4.26. The van der Waals surface area contributed by atoms with Crippen LogP contribution in [0.5, 0.6) is 0 Å². The third kappa shape index (κ3) is 2.71. The van der Waals surface area contributed by atoms with Crippen molar-refractivity contribution >= 4 is 5.82 Å². The molecule has 4 heteroatoms. The van der Waals surface area contributed by atoms with Crippen molar-refractivity contribution in [1.82, 2.24) is 15.2 Å². The van der Waals surface area contributed by atoms with Gasteiger partial charge in [0.15, 0.2) is 0 Å². The standard InChI is InChI=1S/C12H20N4/c1-10-3-4-11(12(13-2)15-10)9-16-7-5-14-6-8-16/h3-4,14H,5-9H2,1-2H3,(H,13,15). The lowest BCUT2D eigenvalue weighted by molar-refractivity contribution is 0.233. The summed E-state index contributed by atoms with van der Waals surface area (Å²) in [5.74, 6) is 1.01. The van der Waals surface area contributed by atoms with Gasteiger partial charge in [-0.2, -0.15) is 0 Å². The monoisotopic (exact) mass is 220 g/mol. The number of aryl methyl sites for hydroxylation is 1. The molecule has 88 valence electrons. The van der Waals surface area contributed by atoms with Crippen molar-refractivity contribution in [3.63, 3.8) is 0 Å². The third-order valence-electron chi connectivity index (χ3n) is 2.96. The van der Waals surface area contributed by atoms with Gasteiger partial charge in [0.2, 0.25) is 0 Å². The number of rotatable bonds is 3. The van der Waals surface area contributed by atoms with Crippen molar-refractivity contribution in [3.05, 3.63) is 23.4 Å². The minimum absolute atomic E-state index is 0.991. The minimum Gasteiger partial charge on any atom is -0.373 e. The summed E-state index contributed by atoms with van der Waals surface area (Å²) in [6.07, 6.45) is 0. The molecule has 0 radical (unpaired) electrons. The van der Waals surface area contributed by atoms with E-state index in [4.69, 9.17) is 0 Å². The average Bonchev–Trinajstić information content (AvgIpc) is 2.33. The van der Waals surface area contributed by atoms with Crippen molar-refractivity contribution in [2.75, 3.05) is 38.5 Å². The van der Waals surface area contributed by atoms with E-state index in [1.807, 2.05) is 14.0 Å². The number of pyridine rings is 1. The molecule has 16 heavy (non-hydrogen) atoms. The second-order valence-corrected chi connectivity index (χ2v) is 4.24. The number of nitrogens with zero attached hydrogens (tertiary/aromatic N) is 2. The fourth-order valence-electron chi connectivity index (χ4n) is 2.04. The van der Waals surface area contributed by atoms with E-state index >= 15 is 0 Å². The molecule has 0 aliphatic carbocycles. The van der Waals surface area contributed by atoms with Gasteiger partial charge in [-0.1, -0.05) is 6.07 Å². The van der Waals surface area contributed by atoms with Crippen molar-refractivity contribution in [2.45, 2.75) is 13.5 Å². The first-order chi connectivity index (χ1) is 7.79. The molecule has 2 rings (SSSR count). The summed E-state index contributed by atoms with van der Waals surface area (Å²) < 4.78 is 0. The molecule has 0 unspecified atom stereocenters. The highest BCUT2D eigenvalue weighted by Gasteiger charge is 2.12. The number of anilines is 1. The first-order valence-electron chi connectivity index (χ1n) is 5.87. The molecule has 0 atom stereocenters. The van der Waals surface area contributed by atoms with E-state index in [-0.39, 0.29) is 0 Å². The Morgan fingerprint density at radius 1 is 1.38 bits per heavy atom. The zero-order valence-corrected chi connectivity index (χ0v) is 10.1. The summed E-state index contributed by atoms with van der Waals surface area (Å²) >= 11 is 0. The van der Waals surface area contributed by atoms with Crippen molar-refractivity contribution < 1.29 is 0 Å². The van der Waals surface area contributed by atoms with Gasteiger partial charge in [0.25, 0.3) is 0 Å². The molecule has 1 aliphatic rings. The van der Waals surface area contributed by atoms with Crippen LogP contribution in [0.25, 0.3) is 0 Å². The van der Waals surface area contributed by atoms with Gasteiger partial charge in [-0.15, -0.1) is 0 Å². The lowest BCUT2D eigenvalue weighted by Gasteiger charge is -2.27. The molecule has 0 bridgehead atoms. The Balaban J connectivity index is 2.07. The molecule has 2 N–H and O–H groups in total. The first kappa shape index (κ1) is 11.4. The highest BCUT2D eigenvalue weighted by atomic mass is 15.2. The van der Waals surface area contributed by atoms with E-state index < -0.39 is 0 Å². The van der Waals surface area contributed by atoms with E-state index in [1.54, 1.807) is 0 Å². The largest absolute Gasteiger partial charge is 0.373 e. The average molecular weight is 220 g/mol. The van der Waals surface area contributed by atoms with E-state index in [2.05, 4.69) is 32.7 Å². The zero-order chi connectivity index (χ0) is 11.4. The Labute approximate surface area is 97.1 Å². The van der Waals surface area contributed by atoms with Crippen LogP contribution in [-0.4, -0.2) is 43.1 Å². The number of hydrogen-bond acceptors (Lipinski definition) is 4. The van der Waals surface area contributed by atoms with Gasteiger partial charge in [0.05, 0.1) is 0 Å². The Kier molecular flexibility index (Phi) is 3.74. The molecule has 0 spiro atoms. The third-order valence-corrected chi connectivity index (χ3v) is 2.96. The van der Waals surface area contributed by atoms with Crippen LogP contribution in [0.3, 0.4) is 0 Å². The molecular formula is C12H20N4. The van der Waals surface area contributed by atoms with Crippen LogP contribution >= 0.6 is 0 Å². The highest BCUT2D eigenvalue weighted by molar-refractivity contribution is 5.44. The lowest BCUT2D eigenvalue weighted by Crippen LogP contribution is -2.43. The number of hydrogen-bond donors (Lipinski definition) is 2. The van der Waals surface area contributed by atoms with Gasteiger partial charge in [-0.25, -0.2) is 4.98 Å². The fourth-order valence-corrected chi connectivity index (χ4v) is 2.04. The SMILES string of the molecule is CNc1nc(C)ccc1CN1CCNCC1. The minimum atomic E-state index is 0.991. The summed E-state index contributed by atoms with van der Waals surface area (Å²) in [4.78, 5) is 6.97. The molecular weight excluding hydrogens is 200 g/mol. The van der Waals surface area contributed by atoms with Gasteiger partial charge in [0.1, 0.15) is 5.82 Å². The highest BCUT2D eigenvalue weighted by Crippen LogP contribution is 2.15. The van der Waals surface area contributed by atoms with E-state index in [9.17, 15) is 0 Å².